The molecule has 2 heterocycles. The Hall–Kier alpha value is -3.51. The lowest BCUT2D eigenvalue weighted by molar-refractivity contribution is -0.117. The second-order valence-corrected chi connectivity index (χ2v) is 8.76. The minimum atomic E-state index is -0.0304. The highest BCUT2D eigenvalue weighted by molar-refractivity contribution is 6.34. The Kier molecular flexibility index (Phi) is 6.41. The molecule has 1 fully saturated rings. The van der Waals surface area contributed by atoms with Crippen molar-refractivity contribution in [1.29, 1.82) is 0 Å². The minimum absolute atomic E-state index is 0.0304. The highest BCUT2D eigenvalue weighted by atomic mass is 35.5. The molecule has 34 heavy (non-hydrogen) atoms. The van der Waals surface area contributed by atoms with Crippen molar-refractivity contribution in [3.8, 4) is 11.5 Å². The molecule has 1 atom stereocenters. The zero-order chi connectivity index (χ0) is 23.5. The Morgan fingerprint density at radius 1 is 1.03 bits per heavy atom. The first kappa shape index (κ1) is 22.3. The molecule has 1 aliphatic heterocycles. The molecule has 1 amide bonds. The first-order valence-electron chi connectivity index (χ1n) is 11.4. The molecule has 7 heteroatoms. The van der Waals surface area contributed by atoms with E-state index in [2.05, 4.69) is 10.6 Å². The van der Waals surface area contributed by atoms with Crippen molar-refractivity contribution in [3.05, 3.63) is 83.6 Å². The summed E-state index contributed by atoms with van der Waals surface area (Å²) >= 11 is 6.44. The lowest BCUT2D eigenvalue weighted by Crippen LogP contribution is -2.25. The minimum Gasteiger partial charge on any atom is -0.497 e. The number of halogens is 1. The van der Waals surface area contributed by atoms with Gasteiger partial charge < -0.3 is 18.9 Å². The molecule has 5 rings (SSSR count). The second kappa shape index (κ2) is 9.77. The standard InChI is InChI=1S/C27H26ClN3O3/c1-33-21-12-13-22(28)25(17-21)31-18-19(16-26(31)32)27-29-23-10-5-6-11-24(23)30(27)14-7-15-34-20-8-3-2-4-9-20/h2-6,8-13,17,19H,7,14-16,18H2,1H3/t19-/m0/s1. The van der Waals surface area contributed by atoms with Crippen LogP contribution in [0.25, 0.3) is 11.0 Å². The number of nitrogens with zero attached hydrogens (tertiary/aromatic N) is 3. The number of carbonyl (C=O) groups excluding carboxylic acids is 1. The van der Waals surface area contributed by atoms with Crippen molar-refractivity contribution < 1.29 is 14.3 Å². The quantitative estimate of drug-likeness (QED) is 0.307. The highest BCUT2D eigenvalue weighted by Crippen LogP contribution is 2.37. The van der Waals surface area contributed by atoms with E-state index in [4.69, 9.17) is 26.1 Å². The topological polar surface area (TPSA) is 56.6 Å². The smallest absolute Gasteiger partial charge is 0.227 e. The molecule has 0 spiro atoms. The lowest BCUT2D eigenvalue weighted by atomic mass is 10.1. The first-order valence-corrected chi connectivity index (χ1v) is 11.8. The van der Waals surface area contributed by atoms with Crippen LogP contribution in [0.5, 0.6) is 11.5 Å². The fraction of sp³-hybridized carbons (Fsp3) is 0.259. The maximum atomic E-state index is 13.0. The first-order chi connectivity index (χ1) is 16.6. The molecular weight excluding hydrogens is 450 g/mol. The third-order valence-corrected chi connectivity index (χ3v) is 6.48. The number of aryl methyl sites for hydroxylation is 1. The van der Waals surface area contributed by atoms with Gasteiger partial charge in [0.1, 0.15) is 17.3 Å². The fourth-order valence-corrected chi connectivity index (χ4v) is 4.73. The number of carbonyl (C=O) groups is 1. The number of fused-ring (bicyclic) bond motifs is 1. The molecule has 3 aromatic carbocycles. The summed E-state index contributed by atoms with van der Waals surface area (Å²) in [6.07, 6.45) is 1.21. The van der Waals surface area contributed by atoms with Gasteiger partial charge in [-0.1, -0.05) is 41.9 Å². The fourth-order valence-electron chi connectivity index (χ4n) is 4.51. The van der Waals surface area contributed by atoms with Gasteiger partial charge in [-0.25, -0.2) is 4.98 Å². The Morgan fingerprint density at radius 2 is 1.82 bits per heavy atom. The number of benzene rings is 3. The number of anilines is 1. The maximum absolute atomic E-state index is 13.0. The van der Waals surface area contributed by atoms with Gasteiger partial charge in [0.15, 0.2) is 0 Å². The number of methoxy groups -OCH3 is 1. The van der Waals surface area contributed by atoms with Crippen LogP contribution >= 0.6 is 11.6 Å². The normalized spacial score (nSPS) is 15.8. The van der Waals surface area contributed by atoms with Gasteiger partial charge in [0.05, 0.1) is 35.5 Å². The van der Waals surface area contributed by atoms with Crippen molar-refractivity contribution in [2.75, 3.05) is 25.2 Å². The Balaban J connectivity index is 1.37. The van der Waals surface area contributed by atoms with Crippen LogP contribution < -0.4 is 14.4 Å². The van der Waals surface area contributed by atoms with E-state index in [1.807, 2.05) is 54.6 Å². The molecule has 174 valence electrons. The SMILES string of the molecule is COc1ccc(Cl)c(N2C[C@@H](c3nc4ccccc4n3CCCOc3ccccc3)CC2=O)c1. The number of hydrogen-bond acceptors (Lipinski definition) is 4. The molecule has 1 aliphatic rings. The predicted octanol–water partition coefficient (Wildman–Crippen LogP) is 5.69. The lowest BCUT2D eigenvalue weighted by Gasteiger charge is -2.19. The highest BCUT2D eigenvalue weighted by Gasteiger charge is 2.35. The van der Waals surface area contributed by atoms with E-state index in [9.17, 15) is 4.79 Å². The average Bonchev–Trinajstić information content (AvgIpc) is 3.43. The molecule has 0 aliphatic carbocycles. The van der Waals surface area contributed by atoms with E-state index >= 15 is 0 Å². The van der Waals surface area contributed by atoms with Crippen LogP contribution in [0.3, 0.4) is 0 Å². The summed E-state index contributed by atoms with van der Waals surface area (Å²) in [5, 5.41) is 0.529. The van der Waals surface area contributed by atoms with Crippen molar-refractivity contribution in [2.45, 2.75) is 25.3 Å². The van der Waals surface area contributed by atoms with Crippen LogP contribution in [0.15, 0.2) is 72.8 Å². The molecule has 0 saturated carbocycles. The van der Waals surface area contributed by atoms with Gasteiger partial charge in [0.25, 0.3) is 0 Å². The van der Waals surface area contributed by atoms with Crippen LogP contribution in [-0.2, 0) is 11.3 Å². The number of ether oxygens (including phenoxy) is 2. The Morgan fingerprint density at radius 3 is 2.65 bits per heavy atom. The van der Waals surface area contributed by atoms with Gasteiger partial charge >= 0.3 is 0 Å². The van der Waals surface area contributed by atoms with Gasteiger partial charge in [-0.15, -0.1) is 0 Å². The number of imidazole rings is 1. The van der Waals surface area contributed by atoms with Gasteiger partial charge in [0, 0.05) is 31.5 Å². The molecule has 0 unspecified atom stereocenters. The summed E-state index contributed by atoms with van der Waals surface area (Å²) < 4.78 is 13.5. The van der Waals surface area contributed by atoms with Gasteiger partial charge in [-0.2, -0.15) is 0 Å². The number of rotatable bonds is 8. The third kappa shape index (κ3) is 4.46. The van der Waals surface area contributed by atoms with Gasteiger partial charge in [-0.05, 0) is 42.8 Å². The summed E-state index contributed by atoms with van der Waals surface area (Å²) in [6.45, 7) is 1.88. The van der Waals surface area contributed by atoms with E-state index in [0.717, 1.165) is 35.6 Å². The van der Waals surface area contributed by atoms with Crippen molar-refractivity contribution >= 4 is 34.2 Å². The number of para-hydroxylation sites is 3. The van der Waals surface area contributed by atoms with E-state index in [0.29, 0.717) is 36.0 Å². The largest absolute Gasteiger partial charge is 0.497 e. The molecule has 0 bridgehead atoms. The molecule has 4 aromatic rings. The predicted molar refractivity (Wildman–Crippen MR) is 134 cm³/mol. The summed E-state index contributed by atoms with van der Waals surface area (Å²) in [5.41, 5.74) is 2.68. The molecule has 1 aromatic heterocycles. The second-order valence-electron chi connectivity index (χ2n) is 8.35. The summed E-state index contributed by atoms with van der Waals surface area (Å²) in [5.74, 6) is 2.46. The van der Waals surface area contributed by atoms with Crippen molar-refractivity contribution in [2.24, 2.45) is 0 Å². The Bertz CT molecular complexity index is 1310. The third-order valence-electron chi connectivity index (χ3n) is 6.16. The van der Waals surface area contributed by atoms with E-state index in [1.54, 1.807) is 24.1 Å². The van der Waals surface area contributed by atoms with Crippen molar-refractivity contribution in [1.82, 2.24) is 9.55 Å². The van der Waals surface area contributed by atoms with E-state index in [-0.39, 0.29) is 11.8 Å². The van der Waals surface area contributed by atoms with Crippen molar-refractivity contribution in [3.63, 3.8) is 0 Å². The molecule has 6 nitrogen and oxygen atoms in total. The number of aromatic nitrogens is 2. The van der Waals surface area contributed by atoms with Crippen LogP contribution in [0, 0.1) is 0 Å². The average molecular weight is 476 g/mol. The maximum Gasteiger partial charge on any atom is 0.227 e. The molecular formula is C27H26ClN3O3. The van der Waals surface area contributed by atoms with E-state index in [1.165, 1.54) is 0 Å². The van der Waals surface area contributed by atoms with Crippen LogP contribution in [-0.4, -0.2) is 35.7 Å². The summed E-state index contributed by atoms with van der Waals surface area (Å²) in [6, 6.07) is 23.3. The Labute approximate surface area is 203 Å². The molecule has 1 saturated heterocycles. The van der Waals surface area contributed by atoms with Gasteiger partial charge in [0.2, 0.25) is 5.91 Å². The van der Waals surface area contributed by atoms with Crippen LogP contribution in [0.4, 0.5) is 5.69 Å². The number of amides is 1. The summed E-state index contributed by atoms with van der Waals surface area (Å²) in [4.78, 5) is 19.7. The van der Waals surface area contributed by atoms with Crippen LogP contribution in [0.1, 0.15) is 24.6 Å². The van der Waals surface area contributed by atoms with E-state index < -0.39 is 0 Å². The summed E-state index contributed by atoms with van der Waals surface area (Å²) in [7, 11) is 1.60. The van der Waals surface area contributed by atoms with Gasteiger partial charge in [-0.3, -0.25) is 4.79 Å². The number of hydrogen-bond donors (Lipinski definition) is 0. The molecule has 0 N–H and O–H groups in total. The monoisotopic (exact) mass is 475 g/mol. The molecule has 0 radical (unpaired) electrons. The zero-order valence-corrected chi connectivity index (χ0v) is 19.7. The zero-order valence-electron chi connectivity index (χ0n) is 19.0. The van der Waals surface area contributed by atoms with Crippen LogP contribution in [0.2, 0.25) is 5.02 Å².